The van der Waals surface area contributed by atoms with Crippen LogP contribution in [0.4, 0.5) is 0 Å². The quantitative estimate of drug-likeness (QED) is 0.527. The number of carbonyl (C=O) groups excluding carboxylic acids is 1. The molecule has 1 amide bonds. The van der Waals surface area contributed by atoms with Crippen LogP contribution >= 0.6 is 11.3 Å². The number of benzene rings is 1. The second kappa shape index (κ2) is 7.82. The van der Waals surface area contributed by atoms with Crippen molar-refractivity contribution in [3.05, 3.63) is 70.3 Å². The van der Waals surface area contributed by atoms with E-state index in [1.54, 1.807) is 12.1 Å². The fourth-order valence-electron chi connectivity index (χ4n) is 4.13. The molecular weight excluding hydrogens is 414 g/mol. The molecule has 0 radical (unpaired) electrons. The highest BCUT2D eigenvalue weighted by molar-refractivity contribution is 7.17. The smallest absolute Gasteiger partial charge is 0.289 e. The molecule has 1 N–H and O–H groups in total. The van der Waals surface area contributed by atoms with Crippen molar-refractivity contribution in [1.29, 1.82) is 0 Å². The highest BCUT2D eigenvalue weighted by Crippen LogP contribution is 2.40. The Balaban J connectivity index is 1.46. The summed E-state index contributed by atoms with van der Waals surface area (Å²) in [5.41, 5.74) is 2.26. The topological polar surface area (TPSA) is 87.1 Å². The minimum Gasteiger partial charge on any atom is -0.492 e. The molecule has 4 heterocycles. The Morgan fingerprint density at radius 2 is 1.97 bits per heavy atom. The lowest BCUT2D eigenvalue weighted by Crippen LogP contribution is -2.49. The molecule has 0 spiro atoms. The van der Waals surface area contributed by atoms with Crippen LogP contribution in [-0.2, 0) is 0 Å². The lowest BCUT2D eigenvalue weighted by molar-refractivity contribution is 0.0568. The fourth-order valence-corrected chi connectivity index (χ4v) is 5.30. The van der Waals surface area contributed by atoms with Crippen molar-refractivity contribution in [2.24, 2.45) is 0 Å². The molecule has 0 saturated carbocycles. The average molecular weight is 438 g/mol. The summed E-state index contributed by atoms with van der Waals surface area (Å²) < 4.78 is 6.78. The Kier molecular flexibility index (Phi) is 4.99. The first-order chi connectivity index (χ1) is 15.0. The second-order valence-corrected chi connectivity index (χ2v) is 8.77. The van der Waals surface area contributed by atoms with Crippen molar-refractivity contribution in [2.75, 3.05) is 26.2 Å². The van der Waals surface area contributed by atoms with Crippen LogP contribution in [0.1, 0.15) is 38.4 Å². The van der Waals surface area contributed by atoms with Crippen LogP contribution in [0.5, 0.6) is 5.88 Å². The van der Waals surface area contributed by atoms with E-state index in [0.29, 0.717) is 42.7 Å². The van der Waals surface area contributed by atoms with Gasteiger partial charge >= 0.3 is 0 Å². The van der Waals surface area contributed by atoms with Crippen LogP contribution in [-0.4, -0.2) is 61.6 Å². The number of carbonyl (C=O) groups is 1. The van der Waals surface area contributed by atoms with Crippen LogP contribution < -0.4 is 0 Å². The summed E-state index contributed by atoms with van der Waals surface area (Å²) in [7, 11) is 0. The third kappa shape index (κ3) is 3.60. The Bertz CT molecular complexity index is 1220. The second-order valence-electron chi connectivity index (χ2n) is 7.77. The number of nitrogens with zero attached hydrogens (tertiary/aromatic N) is 5. The van der Waals surface area contributed by atoms with Gasteiger partial charge in [0.15, 0.2) is 5.76 Å². The zero-order valence-corrected chi connectivity index (χ0v) is 18.2. The van der Waals surface area contributed by atoms with E-state index in [4.69, 9.17) is 4.42 Å². The zero-order chi connectivity index (χ0) is 21.5. The summed E-state index contributed by atoms with van der Waals surface area (Å²) in [6, 6.07) is 11.6. The van der Waals surface area contributed by atoms with Gasteiger partial charge in [0.25, 0.3) is 5.91 Å². The summed E-state index contributed by atoms with van der Waals surface area (Å²) in [5.74, 6) is 1.03. The molecule has 9 heteroatoms. The summed E-state index contributed by atoms with van der Waals surface area (Å²) in [6.07, 6.45) is 1.52. The summed E-state index contributed by atoms with van der Waals surface area (Å²) >= 11 is 1.45. The van der Waals surface area contributed by atoms with E-state index in [2.05, 4.69) is 40.1 Å². The van der Waals surface area contributed by atoms with Crippen molar-refractivity contribution in [3.8, 4) is 5.88 Å². The van der Waals surface area contributed by atoms with E-state index in [0.717, 1.165) is 16.0 Å². The number of fused-ring (bicyclic) bond motifs is 1. The molecule has 3 aromatic heterocycles. The molecule has 1 fully saturated rings. The minimum absolute atomic E-state index is 0.0890. The SMILES string of the molecule is Cc1cccc([C@H](c2sc3nc(C)nn3c2O)N2CCN(C(=O)c3ccco3)CC2)c1. The van der Waals surface area contributed by atoms with Crippen LogP contribution in [0.2, 0.25) is 0 Å². The van der Waals surface area contributed by atoms with Gasteiger partial charge < -0.3 is 14.4 Å². The van der Waals surface area contributed by atoms with Crippen molar-refractivity contribution in [2.45, 2.75) is 19.9 Å². The number of amides is 1. The van der Waals surface area contributed by atoms with E-state index in [-0.39, 0.29) is 17.8 Å². The zero-order valence-electron chi connectivity index (χ0n) is 17.4. The van der Waals surface area contributed by atoms with Crippen molar-refractivity contribution >= 4 is 22.2 Å². The molecular formula is C22H23N5O3S. The number of hydrogen-bond acceptors (Lipinski definition) is 7. The Hall–Kier alpha value is -3.17. The standard InChI is InChI=1S/C22H23N5O3S/c1-14-5-3-6-16(13-14)18(19-21(29)27-22(31-19)23-15(2)24-27)25-8-10-26(11-9-25)20(28)17-7-4-12-30-17/h3-7,12-13,18,29H,8-11H2,1-2H3/t18-/m1/s1. The maximum Gasteiger partial charge on any atom is 0.289 e. The summed E-state index contributed by atoms with van der Waals surface area (Å²) in [5, 5.41) is 15.3. The van der Waals surface area contributed by atoms with Gasteiger partial charge in [-0.2, -0.15) is 4.52 Å². The van der Waals surface area contributed by atoms with Gasteiger partial charge in [-0.3, -0.25) is 9.69 Å². The third-order valence-corrected chi connectivity index (χ3v) is 6.68. The van der Waals surface area contributed by atoms with E-state index in [9.17, 15) is 9.90 Å². The van der Waals surface area contributed by atoms with Crippen LogP contribution in [0, 0.1) is 13.8 Å². The number of piperazine rings is 1. The van der Waals surface area contributed by atoms with Gasteiger partial charge in [0, 0.05) is 26.2 Å². The Morgan fingerprint density at radius 1 is 1.16 bits per heavy atom. The van der Waals surface area contributed by atoms with Gasteiger partial charge in [0.05, 0.1) is 17.2 Å². The lowest BCUT2D eigenvalue weighted by Gasteiger charge is -2.39. The van der Waals surface area contributed by atoms with E-state index >= 15 is 0 Å². The first-order valence-corrected chi connectivity index (χ1v) is 11.0. The normalized spacial score (nSPS) is 16.1. The van der Waals surface area contributed by atoms with E-state index in [1.807, 2.05) is 17.9 Å². The minimum atomic E-state index is -0.144. The fraction of sp³-hybridized carbons (Fsp3) is 0.318. The monoisotopic (exact) mass is 437 g/mol. The predicted octanol–water partition coefficient (Wildman–Crippen LogP) is 3.25. The number of hydrogen-bond donors (Lipinski definition) is 1. The van der Waals surface area contributed by atoms with Crippen molar-refractivity contribution in [1.82, 2.24) is 24.4 Å². The summed E-state index contributed by atoms with van der Waals surface area (Å²) in [6.45, 7) is 6.40. The van der Waals surface area contributed by atoms with Gasteiger partial charge in [0.1, 0.15) is 5.82 Å². The van der Waals surface area contributed by atoms with Gasteiger partial charge in [-0.15, -0.1) is 5.10 Å². The molecule has 1 saturated heterocycles. The first-order valence-electron chi connectivity index (χ1n) is 10.2. The van der Waals surface area contributed by atoms with Crippen LogP contribution in [0.25, 0.3) is 4.96 Å². The number of furan rings is 1. The molecule has 0 aliphatic carbocycles. The molecule has 1 aliphatic rings. The molecule has 31 heavy (non-hydrogen) atoms. The van der Waals surface area contributed by atoms with Crippen molar-refractivity contribution < 1.29 is 14.3 Å². The summed E-state index contributed by atoms with van der Waals surface area (Å²) in [4.78, 5) is 22.7. The van der Waals surface area contributed by atoms with Gasteiger partial charge in [0.2, 0.25) is 10.8 Å². The van der Waals surface area contributed by atoms with E-state index < -0.39 is 0 Å². The highest BCUT2D eigenvalue weighted by atomic mass is 32.1. The Labute approximate surface area is 183 Å². The van der Waals surface area contributed by atoms with Crippen molar-refractivity contribution in [3.63, 3.8) is 0 Å². The maximum atomic E-state index is 12.6. The van der Waals surface area contributed by atoms with Gasteiger partial charge in [-0.05, 0) is 31.5 Å². The molecule has 1 aromatic carbocycles. The number of rotatable bonds is 4. The third-order valence-electron chi connectivity index (χ3n) is 5.61. The molecule has 5 rings (SSSR count). The van der Waals surface area contributed by atoms with E-state index in [1.165, 1.54) is 22.1 Å². The first kappa shape index (κ1) is 19.8. The molecule has 4 aromatic rings. The maximum absolute atomic E-state index is 12.6. The molecule has 160 valence electrons. The van der Waals surface area contributed by atoms with Crippen LogP contribution in [0.3, 0.4) is 0 Å². The number of aromatic hydroxyl groups is 1. The molecule has 0 bridgehead atoms. The lowest BCUT2D eigenvalue weighted by atomic mass is 10.0. The molecule has 0 unspecified atom stereocenters. The van der Waals surface area contributed by atoms with Gasteiger partial charge in [-0.25, -0.2) is 4.98 Å². The average Bonchev–Trinajstić information content (AvgIpc) is 3.48. The largest absolute Gasteiger partial charge is 0.492 e. The predicted molar refractivity (Wildman–Crippen MR) is 116 cm³/mol. The number of thiazole rings is 1. The molecule has 1 atom stereocenters. The molecule has 1 aliphatic heterocycles. The number of aromatic nitrogens is 3. The van der Waals surface area contributed by atoms with Gasteiger partial charge in [-0.1, -0.05) is 41.2 Å². The van der Waals surface area contributed by atoms with Crippen LogP contribution in [0.15, 0.2) is 47.1 Å². The highest BCUT2D eigenvalue weighted by Gasteiger charge is 2.33. The number of aryl methyl sites for hydroxylation is 2. The molecule has 8 nitrogen and oxygen atoms in total. The Morgan fingerprint density at radius 3 is 2.65 bits per heavy atom.